The van der Waals surface area contributed by atoms with E-state index in [4.69, 9.17) is 0 Å². The number of anilines is 2. The summed E-state index contributed by atoms with van der Waals surface area (Å²) in [4.78, 5) is 23.1. The number of carbonyl (C=O) groups is 1. The van der Waals surface area contributed by atoms with Gasteiger partial charge in [0.25, 0.3) is 5.91 Å². The molecule has 2 aromatic heterocycles. The second-order valence-electron chi connectivity index (χ2n) is 5.61. The van der Waals surface area contributed by atoms with E-state index in [1.165, 1.54) is 11.3 Å². The molecular weight excluding hydrogens is 322 g/mol. The molecule has 3 aromatic rings. The van der Waals surface area contributed by atoms with Gasteiger partial charge in [0.2, 0.25) is 0 Å². The SMILES string of the molecule is CN(C)CCNc1cc2sc(NC(=O)c3ccccc3)nc2cn1. The topological polar surface area (TPSA) is 70.2 Å². The van der Waals surface area contributed by atoms with Crippen molar-refractivity contribution in [3.63, 3.8) is 0 Å². The van der Waals surface area contributed by atoms with Crippen LogP contribution in [0.1, 0.15) is 10.4 Å². The molecule has 0 aliphatic carbocycles. The number of nitrogens with zero attached hydrogens (tertiary/aromatic N) is 3. The number of aromatic nitrogens is 2. The van der Waals surface area contributed by atoms with Gasteiger partial charge in [-0.3, -0.25) is 10.1 Å². The zero-order valence-corrected chi connectivity index (χ0v) is 14.4. The van der Waals surface area contributed by atoms with Gasteiger partial charge < -0.3 is 10.2 Å². The van der Waals surface area contributed by atoms with Crippen molar-refractivity contribution in [1.82, 2.24) is 14.9 Å². The van der Waals surface area contributed by atoms with Crippen LogP contribution in [0, 0.1) is 0 Å². The molecular formula is C17H19N5OS. The smallest absolute Gasteiger partial charge is 0.257 e. The highest BCUT2D eigenvalue weighted by atomic mass is 32.1. The molecule has 0 spiro atoms. The van der Waals surface area contributed by atoms with Gasteiger partial charge in [0, 0.05) is 24.7 Å². The number of hydrogen-bond donors (Lipinski definition) is 2. The number of likely N-dealkylation sites (N-methyl/N-ethyl adjacent to an activating group) is 1. The summed E-state index contributed by atoms with van der Waals surface area (Å²) in [5, 5.41) is 6.70. The maximum atomic E-state index is 12.2. The Balaban J connectivity index is 1.70. The second kappa shape index (κ2) is 7.37. The Morgan fingerprint density at radius 3 is 2.79 bits per heavy atom. The number of hydrogen-bond acceptors (Lipinski definition) is 6. The van der Waals surface area contributed by atoms with Crippen LogP contribution >= 0.6 is 11.3 Å². The summed E-state index contributed by atoms with van der Waals surface area (Å²) < 4.78 is 0.987. The third-order valence-corrected chi connectivity index (χ3v) is 4.33. The third kappa shape index (κ3) is 4.06. The monoisotopic (exact) mass is 341 g/mol. The first-order chi connectivity index (χ1) is 11.6. The van der Waals surface area contributed by atoms with Gasteiger partial charge >= 0.3 is 0 Å². The van der Waals surface area contributed by atoms with Gasteiger partial charge in [-0.05, 0) is 26.2 Å². The number of thiazole rings is 1. The Kier molecular flexibility index (Phi) is 5.02. The van der Waals surface area contributed by atoms with Crippen LogP contribution in [0.3, 0.4) is 0 Å². The number of carbonyl (C=O) groups excluding carboxylic acids is 1. The highest BCUT2D eigenvalue weighted by Crippen LogP contribution is 2.27. The molecule has 0 bridgehead atoms. The second-order valence-corrected chi connectivity index (χ2v) is 6.64. The van der Waals surface area contributed by atoms with Gasteiger partial charge in [-0.1, -0.05) is 29.5 Å². The summed E-state index contributed by atoms with van der Waals surface area (Å²) in [6, 6.07) is 11.1. The molecule has 0 saturated heterocycles. The standard InChI is InChI=1S/C17H19N5OS/c1-22(2)9-8-18-15-10-14-13(11-19-15)20-17(24-14)21-16(23)12-6-4-3-5-7-12/h3-7,10-11H,8-9H2,1-2H3,(H,18,19)(H,20,21,23). The predicted octanol–water partition coefficient (Wildman–Crippen LogP) is 2.92. The van der Waals surface area contributed by atoms with E-state index in [9.17, 15) is 4.79 Å². The first-order valence-electron chi connectivity index (χ1n) is 7.63. The van der Waals surface area contributed by atoms with Crippen LogP contribution in [0.25, 0.3) is 10.2 Å². The van der Waals surface area contributed by atoms with Crippen molar-refractivity contribution >= 4 is 38.4 Å². The zero-order valence-electron chi connectivity index (χ0n) is 13.6. The van der Waals surface area contributed by atoms with Gasteiger partial charge in [0.05, 0.1) is 10.9 Å². The van der Waals surface area contributed by atoms with Gasteiger partial charge in [-0.2, -0.15) is 0 Å². The fourth-order valence-electron chi connectivity index (χ4n) is 2.15. The first-order valence-corrected chi connectivity index (χ1v) is 8.45. The van der Waals surface area contributed by atoms with Crippen molar-refractivity contribution < 1.29 is 4.79 Å². The van der Waals surface area contributed by atoms with E-state index in [1.807, 2.05) is 38.4 Å². The normalized spacial score (nSPS) is 11.0. The highest BCUT2D eigenvalue weighted by Gasteiger charge is 2.10. The Morgan fingerprint density at radius 2 is 2.04 bits per heavy atom. The summed E-state index contributed by atoms with van der Waals surface area (Å²) in [5.74, 6) is 0.654. The Labute approximate surface area is 144 Å². The van der Waals surface area contributed by atoms with Crippen LogP contribution in [-0.2, 0) is 0 Å². The lowest BCUT2D eigenvalue weighted by atomic mass is 10.2. The molecule has 1 aromatic carbocycles. The molecule has 0 unspecified atom stereocenters. The van der Waals surface area contributed by atoms with Crippen LogP contribution in [0.2, 0.25) is 0 Å². The van der Waals surface area contributed by atoms with Crippen LogP contribution < -0.4 is 10.6 Å². The molecule has 0 aliphatic heterocycles. The van der Waals surface area contributed by atoms with Gasteiger partial charge in [0.1, 0.15) is 11.3 Å². The number of benzene rings is 1. The molecule has 24 heavy (non-hydrogen) atoms. The van der Waals surface area contributed by atoms with E-state index >= 15 is 0 Å². The molecule has 6 nitrogen and oxygen atoms in total. The average molecular weight is 341 g/mol. The summed E-state index contributed by atoms with van der Waals surface area (Å²) >= 11 is 1.44. The number of nitrogens with one attached hydrogen (secondary N) is 2. The molecule has 0 saturated carbocycles. The Morgan fingerprint density at radius 1 is 1.25 bits per heavy atom. The largest absolute Gasteiger partial charge is 0.369 e. The summed E-state index contributed by atoms with van der Waals surface area (Å²) in [6.45, 7) is 1.75. The van der Waals surface area contributed by atoms with Crippen molar-refractivity contribution in [3.8, 4) is 0 Å². The summed E-state index contributed by atoms with van der Waals surface area (Å²) in [5.41, 5.74) is 1.39. The molecule has 0 radical (unpaired) electrons. The average Bonchev–Trinajstić information content (AvgIpc) is 2.96. The molecule has 2 N–H and O–H groups in total. The molecule has 1 amide bonds. The Hall–Kier alpha value is -2.51. The summed E-state index contributed by atoms with van der Waals surface area (Å²) in [6.07, 6.45) is 1.72. The number of rotatable bonds is 6. The minimum absolute atomic E-state index is 0.160. The van der Waals surface area contributed by atoms with Crippen LogP contribution in [0.15, 0.2) is 42.6 Å². The molecule has 7 heteroatoms. The van der Waals surface area contributed by atoms with E-state index in [2.05, 4.69) is 25.5 Å². The van der Waals surface area contributed by atoms with E-state index < -0.39 is 0 Å². The maximum absolute atomic E-state index is 12.2. The van der Waals surface area contributed by atoms with Gasteiger partial charge in [-0.25, -0.2) is 9.97 Å². The number of amides is 1. The number of fused-ring (bicyclic) bond motifs is 1. The molecule has 3 rings (SSSR count). The lowest BCUT2D eigenvalue weighted by Gasteiger charge is -2.10. The quantitative estimate of drug-likeness (QED) is 0.721. The van der Waals surface area contributed by atoms with E-state index in [1.54, 1.807) is 18.3 Å². The maximum Gasteiger partial charge on any atom is 0.257 e. The highest BCUT2D eigenvalue weighted by molar-refractivity contribution is 7.22. The number of pyridine rings is 1. The first kappa shape index (κ1) is 16.4. The lowest BCUT2D eigenvalue weighted by Crippen LogP contribution is -2.21. The van der Waals surface area contributed by atoms with Crippen molar-refractivity contribution in [2.75, 3.05) is 37.8 Å². The predicted molar refractivity (Wildman–Crippen MR) is 98.9 cm³/mol. The third-order valence-electron chi connectivity index (χ3n) is 3.40. The van der Waals surface area contributed by atoms with Crippen molar-refractivity contribution in [2.24, 2.45) is 0 Å². The van der Waals surface area contributed by atoms with Crippen LogP contribution in [-0.4, -0.2) is 48.0 Å². The molecule has 0 atom stereocenters. The van der Waals surface area contributed by atoms with E-state index in [0.717, 1.165) is 29.1 Å². The Bertz CT molecular complexity index is 831. The molecule has 0 fully saturated rings. The fourth-order valence-corrected chi connectivity index (χ4v) is 3.02. The van der Waals surface area contributed by atoms with Crippen molar-refractivity contribution in [1.29, 1.82) is 0 Å². The minimum Gasteiger partial charge on any atom is -0.369 e. The lowest BCUT2D eigenvalue weighted by molar-refractivity contribution is 0.102. The fraction of sp³-hybridized carbons (Fsp3) is 0.235. The molecule has 2 heterocycles. The molecule has 124 valence electrons. The van der Waals surface area contributed by atoms with Crippen molar-refractivity contribution in [3.05, 3.63) is 48.2 Å². The van der Waals surface area contributed by atoms with E-state index in [0.29, 0.717) is 10.7 Å². The van der Waals surface area contributed by atoms with Gasteiger partial charge in [0.15, 0.2) is 5.13 Å². The van der Waals surface area contributed by atoms with Crippen LogP contribution in [0.5, 0.6) is 0 Å². The van der Waals surface area contributed by atoms with Gasteiger partial charge in [-0.15, -0.1) is 0 Å². The minimum atomic E-state index is -0.160. The zero-order chi connectivity index (χ0) is 16.9. The molecule has 0 aliphatic rings. The van der Waals surface area contributed by atoms with Crippen molar-refractivity contribution in [2.45, 2.75) is 0 Å². The summed E-state index contributed by atoms with van der Waals surface area (Å²) in [7, 11) is 4.06. The van der Waals surface area contributed by atoms with E-state index in [-0.39, 0.29) is 5.91 Å². The van der Waals surface area contributed by atoms with Crippen LogP contribution in [0.4, 0.5) is 10.9 Å².